The molecule has 0 atom stereocenters. The second kappa shape index (κ2) is 8.52. The van der Waals surface area contributed by atoms with Gasteiger partial charge in [0, 0.05) is 28.6 Å². The zero-order chi connectivity index (χ0) is 17.8. The molecule has 1 aliphatic heterocycles. The summed E-state index contributed by atoms with van der Waals surface area (Å²) in [6, 6.07) is 6.00. The van der Waals surface area contributed by atoms with Gasteiger partial charge in [-0.15, -0.1) is 0 Å². The first-order valence-electron chi connectivity index (χ1n) is 9.41. The van der Waals surface area contributed by atoms with Crippen molar-refractivity contribution in [1.82, 2.24) is 10.2 Å². The van der Waals surface area contributed by atoms with Gasteiger partial charge in [0.2, 0.25) is 5.91 Å². The number of carbonyl (C=O) groups excluding carboxylic acids is 2. The van der Waals surface area contributed by atoms with Crippen LogP contribution < -0.4 is 5.32 Å². The second-order valence-electron chi connectivity index (χ2n) is 7.34. The minimum atomic E-state index is 0.00478. The normalized spacial score (nSPS) is 19.7. The third-order valence-electron chi connectivity index (χ3n) is 5.53. The van der Waals surface area contributed by atoms with Crippen LogP contribution in [0.3, 0.4) is 0 Å². The van der Waals surface area contributed by atoms with Crippen molar-refractivity contribution in [2.24, 2.45) is 5.92 Å². The van der Waals surface area contributed by atoms with Crippen LogP contribution in [0.2, 0.25) is 0 Å². The zero-order valence-corrected chi connectivity index (χ0v) is 17.0. The van der Waals surface area contributed by atoms with Crippen LogP contribution in [0.5, 0.6) is 0 Å². The minimum Gasteiger partial charge on any atom is -0.349 e. The molecule has 1 aromatic rings. The lowest BCUT2D eigenvalue weighted by molar-refractivity contribution is -0.137. The number of carbonyl (C=O) groups is 2. The summed E-state index contributed by atoms with van der Waals surface area (Å²) < 4.78 is 1.02. The van der Waals surface area contributed by atoms with Crippen LogP contribution in [-0.2, 0) is 4.79 Å². The summed E-state index contributed by atoms with van der Waals surface area (Å²) in [5.74, 6) is 0.594. The number of rotatable bonds is 3. The summed E-state index contributed by atoms with van der Waals surface area (Å²) in [7, 11) is 0. The van der Waals surface area contributed by atoms with Gasteiger partial charge in [-0.3, -0.25) is 9.59 Å². The maximum atomic E-state index is 12.6. The first-order chi connectivity index (χ1) is 12.1. The first-order valence-corrected chi connectivity index (χ1v) is 10.5. The first kappa shape index (κ1) is 18.7. The van der Waals surface area contributed by atoms with E-state index in [4.69, 9.17) is 0 Å². The Morgan fingerprint density at radius 2 is 1.76 bits per heavy atom. The molecular weight excluding hydrogens is 427 g/mol. The third-order valence-corrected chi connectivity index (χ3v) is 6.96. The van der Waals surface area contributed by atoms with Crippen LogP contribution in [0.15, 0.2) is 18.2 Å². The standard InChI is InChI=1S/C20H27IN2O2/c1-14-6-5-9-17(18(14)21)19(24)22-16-10-12-23(13-11-16)20(25)15-7-3-2-4-8-15/h5-6,9,15-16H,2-4,7-8,10-13H2,1H3,(H,22,24). The van der Waals surface area contributed by atoms with Gasteiger partial charge in [-0.05, 0) is 66.8 Å². The van der Waals surface area contributed by atoms with Gasteiger partial charge in [-0.1, -0.05) is 31.4 Å². The topological polar surface area (TPSA) is 49.4 Å². The summed E-state index contributed by atoms with van der Waals surface area (Å²) in [5, 5.41) is 3.16. The van der Waals surface area contributed by atoms with Crippen LogP contribution in [0.4, 0.5) is 0 Å². The Labute approximate surface area is 163 Å². The molecule has 2 fully saturated rings. The number of piperidine rings is 1. The summed E-state index contributed by atoms with van der Waals surface area (Å²) in [4.78, 5) is 27.2. The minimum absolute atomic E-state index is 0.00478. The Bertz CT molecular complexity index is 633. The zero-order valence-electron chi connectivity index (χ0n) is 14.9. The second-order valence-corrected chi connectivity index (χ2v) is 8.42. The van der Waals surface area contributed by atoms with Crippen LogP contribution in [0, 0.1) is 16.4 Å². The van der Waals surface area contributed by atoms with E-state index in [1.54, 1.807) is 0 Å². The van der Waals surface area contributed by atoms with Crippen molar-refractivity contribution in [1.29, 1.82) is 0 Å². The van der Waals surface area contributed by atoms with E-state index in [9.17, 15) is 9.59 Å². The number of nitrogens with zero attached hydrogens (tertiary/aromatic N) is 1. The van der Waals surface area contributed by atoms with Crippen molar-refractivity contribution in [3.63, 3.8) is 0 Å². The van der Waals surface area contributed by atoms with E-state index in [0.29, 0.717) is 5.91 Å². The van der Waals surface area contributed by atoms with Crippen molar-refractivity contribution in [2.45, 2.75) is 57.9 Å². The van der Waals surface area contributed by atoms with E-state index in [1.165, 1.54) is 19.3 Å². The molecule has 1 aliphatic carbocycles. The molecule has 136 valence electrons. The Morgan fingerprint density at radius 1 is 1.08 bits per heavy atom. The average molecular weight is 454 g/mol. The number of halogens is 1. The molecule has 2 amide bonds. The van der Waals surface area contributed by atoms with Crippen molar-refractivity contribution in [3.05, 3.63) is 32.9 Å². The number of benzene rings is 1. The molecule has 1 N–H and O–H groups in total. The fraction of sp³-hybridized carbons (Fsp3) is 0.600. The highest BCUT2D eigenvalue weighted by atomic mass is 127. The SMILES string of the molecule is Cc1cccc(C(=O)NC2CCN(C(=O)C3CCCCC3)CC2)c1I. The lowest BCUT2D eigenvalue weighted by atomic mass is 9.87. The van der Waals surface area contributed by atoms with Crippen LogP contribution in [-0.4, -0.2) is 35.8 Å². The maximum absolute atomic E-state index is 12.6. The number of nitrogens with one attached hydrogen (secondary N) is 1. The lowest BCUT2D eigenvalue weighted by Crippen LogP contribution is -2.48. The number of aryl methyl sites for hydroxylation is 1. The molecule has 1 saturated carbocycles. The van der Waals surface area contributed by atoms with Crippen molar-refractivity contribution < 1.29 is 9.59 Å². The van der Waals surface area contributed by atoms with Gasteiger partial charge in [0.05, 0.1) is 5.56 Å². The molecule has 0 spiro atoms. The fourth-order valence-corrected chi connectivity index (χ4v) is 4.54. The lowest BCUT2D eigenvalue weighted by Gasteiger charge is -2.35. The van der Waals surface area contributed by atoms with Gasteiger partial charge >= 0.3 is 0 Å². The van der Waals surface area contributed by atoms with Gasteiger partial charge in [0.15, 0.2) is 0 Å². The molecule has 25 heavy (non-hydrogen) atoms. The molecule has 0 aromatic heterocycles. The Morgan fingerprint density at radius 3 is 2.44 bits per heavy atom. The van der Waals surface area contributed by atoms with E-state index in [0.717, 1.165) is 53.5 Å². The van der Waals surface area contributed by atoms with Crippen LogP contribution in [0.25, 0.3) is 0 Å². The Hall–Kier alpha value is -1.11. The van der Waals surface area contributed by atoms with Gasteiger partial charge in [0.25, 0.3) is 5.91 Å². The molecule has 1 heterocycles. The van der Waals surface area contributed by atoms with Crippen molar-refractivity contribution in [2.75, 3.05) is 13.1 Å². The molecule has 1 saturated heterocycles. The largest absolute Gasteiger partial charge is 0.349 e. The molecule has 4 nitrogen and oxygen atoms in total. The van der Waals surface area contributed by atoms with Crippen molar-refractivity contribution in [3.8, 4) is 0 Å². The maximum Gasteiger partial charge on any atom is 0.252 e. The number of amides is 2. The van der Waals surface area contributed by atoms with E-state index >= 15 is 0 Å². The van der Waals surface area contributed by atoms with Gasteiger partial charge in [0.1, 0.15) is 0 Å². The third kappa shape index (κ3) is 4.54. The van der Waals surface area contributed by atoms with Crippen molar-refractivity contribution >= 4 is 34.4 Å². The summed E-state index contributed by atoms with van der Waals surface area (Å²) in [6.45, 7) is 3.56. The molecule has 1 aromatic carbocycles. The molecule has 2 aliphatic rings. The highest BCUT2D eigenvalue weighted by molar-refractivity contribution is 14.1. The van der Waals surface area contributed by atoms with E-state index < -0.39 is 0 Å². The molecule has 0 bridgehead atoms. The number of hydrogen-bond donors (Lipinski definition) is 1. The van der Waals surface area contributed by atoms with Gasteiger partial charge < -0.3 is 10.2 Å². The summed E-state index contributed by atoms with van der Waals surface area (Å²) in [5.41, 5.74) is 1.88. The van der Waals surface area contributed by atoms with Gasteiger partial charge in [-0.2, -0.15) is 0 Å². The quantitative estimate of drug-likeness (QED) is 0.705. The summed E-state index contributed by atoms with van der Waals surface area (Å²) in [6.07, 6.45) is 7.48. The van der Waals surface area contributed by atoms with E-state index in [-0.39, 0.29) is 17.9 Å². The molecule has 0 unspecified atom stereocenters. The average Bonchev–Trinajstić information content (AvgIpc) is 2.64. The highest BCUT2D eigenvalue weighted by Crippen LogP contribution is 2.26. The number of likely N-dealkylation sites (tertiary alicyclic amines) is 1. The van der Waals surface area contributed by atoms with Crippen LogP contribution in [0.1, 0.15) is 60.9 Å². The fourth-order valence-electron chi connectivity index (χ4n) is 3.94. The summed E-state index contributed by atoms with van der Waals surface area (Å²) >= 11 is 2.24. The molecular formula is C20H27IN2O2. The predicted molar refractivity (Wildman–Crippen MR) is 108 cm³/mol. The van der Waals surface area contributed by atoms with E-state index in [1.807, 2.05) is 30.0 Å². The smallest absolute Gasteiger partial charge is 0.252 e. The Kier molecular flexibility index (Phi) is 6.36. The molecule has 0 radical (unpaired) electrons. The Balaban J connectivity index is 1.51. The molecule has 5 heteroatoms. The van der Waals surface area contributed by atoms with Crippen LogP contribution >= 0.6 is 22.6 Å². The number of hydrogen-bond acceptors (Lipinski definition) is 2. The molecule has 3 rings (SSSR count). The monoisotopic (exact) mass is 454 g/mol. The predicted octanol–water partition coefficient (Wildman–Crippen LogP) is 3.90. The van der Waals surface area contributed by atoms with E-state index in [2.05, 4.69) is 27.9 Å². The highest BCUT2D eigenvalue weighted by Gasteiger charge is 2.29. The van der Waals surface area contributed by atoms with Gasteiger partial charge in [-0.25, -0.2) is 0 Å².